The summed E-state index contributed by atoms with van der Waals surface area (Å²) in [6.07, 6.45) is 1.50. The first-order valence-electron chi connectivity index (χ1n) is 6.70. The van der Waals surface area contributed by atoms with E-state index in [1.54, 1.807) is 7.05 Å². The second kappa shape index (κ2) is 6.71. The molecule has 1 heterocycles. The number of benzene rings is 1. The molecule has 0 atom stereocenters. The van der Waals surface area contributed by atoms with E-state index in [4.69, 9.17) is 5.11 Å². The number of aromatic nitrogens is 1. The zero-order chi connectivity index (χ0) is 16.1. The predicted octanol–water partition coefficient (Wildman–Crippen LogP) is 1.14. The lowest BCUT2D eigenvalue weighted by Crippen LogP contribution is -2.29. The highest BCUT2D eigenvalue weighted by Crippen LogP contribution is 2.12. The standard InChI is InChI=1S/C16H16N2O4/c1-17(13-5-3-2-4-6-13)15(20)9-12-7-8-14(19)18(10-12)11-16(21)22/h2-8,10H,9,11H2,1H3,(H,21,22). The van der Waals surface area contributed by atoms with Gasteiger partial charge in [0, 0.05) is 25.0 Å². The molecule has 0 radical (unpaired) electrons. The second-order valence-electron chi connectivity index (χ2n) is 4.86. The number of carboxylic acid groups (broad SMARTS) is 1. The third-order valence-electron chi connectivity index (χ3n) is 3.22. The van der Waals surface area contributed by atoms with Crippen molar-refractivity contribution in [3.05, 3.63) is 64.6 Å². The van der Waals surface area contributed by atoms with Gasteiger partial charge in [0.2, 0.25) is 5.91 Å². The molecule has 0 bridgehead atoms. The lowest BCUT2D eigenvalue weighted by atomic mass is 10.2. The average Bonchev–Trinajstić information content (AvgIpc) is 2.50. The van der Waals surface area contributed by atoms with Crippen molar-refractivity contribution >= 4 is 17.6 Å². The van der Waals surface area contributed by atoms with Gasteiger partial charge in [-0.15, -0.1) is 0 Å². The first kappa shape index (κ1) is 15.5. The van der Waals surface area contributed by atoms with Crippen LogP contribution in [0.2, 0.25) is 0 Å². The molecule has 0 unspecified atom stereocenters. The highest BCUT2D eigenvalue weighted by molar-refractivity contribution is 5.94. The molecule has 6 heteroatoms. The third-order valence-corrected chi connectivity index (χ3v) is 3.22. The van der Waals surface area contributed by atoms with Crippen molar-refractivity contribution in [1.29, 1.82) is 0 Å². The Labute approximate surface area is 127 Å². The van der Waals surface area contributed by atoms with Crippen molar-refractivity contribution in [2.75, 3.05) is 11.9 Å². The Balaban J connectivity index is 2.15. The Morgan fingerprint density at radius 3 is 2.45 bits per heavy atom. The van der Waals surface area contributed by atoms with Crippen LogP contribution in [0.5, 0.6) is 0 Å². The molecule has 1 aromatic heterocycles. The Morgan fingerprint density at radius 1 is 1.14 bits per heavy atom. The van der Waals surface area contributed by atoms with Crippen molar-refractivity contribution in [2.24, 2.45) is 0 Å². The lowest BCUT2D eigenvalue weighted by molar-refractivity contribution is -0.137. The van der Waals surface area contributed by atoms with Crippen LogP contribution in [0.1, 0.15) is 5.56 Å². The Kier molecular flexibility index (Phi) is 4.73. The van der Waals surface area contributed by atoms with Crippen molar-refractivity contribution in [1.82, 2.24) is 4.57 Å². The zero-order valence-corrected chi connectivity index (χ0v) is 12.1. The number of carbonyl (C=O) groups excluding carboxylic acids is 1. The number of nitrogens with zero attached hydrogens (tertiary/aromatic N) is 2. The maximum atomic E-state index is 12.3. The molecule has 2 aromatic rings. The molecule has 1 aromatic carbocycles. The summed E-state index contributed by atoms with van der Waals surface area (Å²) < 4.78 is 1.08. The molecule has 2 rings (SSSR count). The monoisotopic (exact) mass is 300 g/mol. The summed E-state index contributed by atoms with van der Waals surface area (Å²) in [5.74, 6) is -1.25. The van der Waals surface area contributed by atoms with Gasteiger partial charge >= 0.3 is 5.97 Å². The topological polar surface area (TPSA) is 79.6 Å². The fraction of sp³-hybridized carbons (Fsp3) is 0.188. The minimum atomic E-state index is -1.10. The number of hydrogen-bond donors (Lipinski definition) is 1. The Morgan fingerprint density at radius 2 is 1.82 bits per heavy atom. The number of likely N-dealkylation sites (N-methyl/N-ethyl adjacent to an activating group) is 1. The normalized spacial score (nSPS) is 10.2. The molecular weight excluding hydrogens is 284 g/mol. The molecule has 22 heavy (non-hydrogen) atoms. The van der Waals surface area contributed by atoms with Gasteiger partial charge in [-0.25, -0.2) is 0 Å². The van der Waals surface area contributed by atoms with Crippen molar-refractivity contribution in [3.63, 3.8) is 0 Å². The predicted molar refractivity (Wildman–Crippen MR) is 81.9 cm³/mol. The van der Waals surface area contributed by atoms with E-state index in [2.05, 4.69) is 0 Å². The van der Waals surface area contributed by atoms with Crippen LogP contribution in [-0.2, 0) is 22.6 Å². The third kappa shape index (κ3) is 3.82. The second-order valence-corrected chi connectivity index (χ2v) is 4.86. The van der Waals surface area contributed by atoms with Gasteiger partial charge < -0.3 is 14.6 Å². The number of carboxylic acids is 1. The maximum Gasteiger partial charge on any atom is 0.323 e. The molecular formula is C16H16N2O4. The molecule has 0 aliphatic heterocycles. The van der Waals surface area contributed by atoms with E-state index >= 15 is 0 Å². The van der Waals surface area contributed by atoms with Crippen molar-refractivity contribution in [2.45, 2.75) is 13.0 Å². The summed E-state index contributed by atoms with van der Waals surface area (Å²) in [5, 5.41) is 8.77. The van der Waals surface area contributed by atoms with Gasteiger partial charge in [-0.1, -0.05) is 24.3 Å². The average molecular weight is 300 g/mol. The van der Waals surface area contributed by atoms with Crippen LogP contribution in [0, 0.1) is 0 Å². The molecule has 0 aliphatic rings. The van der Waals surface area contributed by atoms with Gasteiger partial charge in [-0.3, -0.25) is 14.4 Å². The quantitative estimate of drug-likeness (QED) is 0.898. The minimum Gasteiger partial charge on any atom is -0.480 e. The summed E-state index contributed by atoms with van der Waals surface area (Å²) in [6, 6.07) is 12.0. The Bertz CT molecular complexity index is 737. The lowest BCUT2D eigenvalue weighted by Gasteiger charge is -2.17. The van der Waals surface area contributed by atoms with Crippen molar-refractivity contribution in [3.8, 4) is 0 Å². The van der Waals surface area contributed by atoms with Gasteiger partial charge in [0.05, 0.1) is 6.42 Å². The number of para-hydroxylation sites is 1. The first-order valence-corrected chi connectivity index (χ1v) is 6.70. The number of carbonyl (C=O) groups is 2. The fourth-order valence-corrected chi connectivity index (χ4v) is 2.04. The van der Waals surface area contributed by atoms with Crippen molar-refractivity contribution < 1.29 is 14.7 Å². The maximum absolute atomic E-state index is 12.3. The summed E-state index contributed by atoms with van der Waals surface area (Å²) >= 11 is 0. The van der Waals surface area contributed by atoms with Gasteiger partial charge in [-0.05, 0) is 17.7 Å². The fourth-order valence-electron chi connectivity index (χ4n) is 2.04. The van der Waals surface area contributed by atoms with E-state index in [1.165, 1.54) is 23.2 Å². The highest BCUT2D eigenvalue weighted by Gasteiger charge is 2.12. The van der Waals surface area contributed by atoms with Crippen LogP contribution < -0.4 is 10.5 Å². The molecule has 0 fully saturated rings. The molecule has 1 N–H and O–H groups in total. The Hall–Kier alpha value is -2.89. The van der Waals surface area contributed by atoms with E-state index in [9.17, 15) is 14.4 Å². The molecule has 1 amide bonds. The molecule has 114 valence electrons. The number of rotatable bonds is 5. The number of anilines is 1. The molecule has 0 spiro atoms. The van der Waals surface area contributed by atoms with E-state index in [0.29, 0.717) is 5.56 Å². The summed E-state index contributed by atoms with van der Waals surface area (Å²) in [4.78, 5) is 36.0. The number of aliphatic carboxylic acids is 1. The van der Waals surface area contributed by atoms with Crippen LogP contribution in [0.15, 0.2) is 53.5 Å². The van der Waals surface area contributed by atoms with Gasteiger partial charge in [0.1, 0.15) is 6.54 Å². The minimum absolute atomic E-state index is 0.0886. The number of pyridine rings is 1. The van der Waals surface area contributed by atoms with Gasteiger partial charge in [-0.2, -0.15) is 0 Å². The molecule has 0 saturated heterocycles. The summed E-state index contributed by atoms with van der Waals surface area (Å²) in [6.45, 7) is -0.421. The summed E-state index contributed by atoms with van der Waals surface area (Å²) in [5.41, 5.74) is 0.954. The van der Waals surface area contributed by atoms with Gasteiger partial charge in [0.25, 0.3) is 5.56 Å². The van der Waals surface area contributed by atoms with E-state index in [0.717, 1.165) is 10.3 Å². The summed E-state index contributed by atoms with van der Waals surface area (Å²) in [7, 11) is 1.67. The smallest absolute Gasteiger partial charge is 0.323 e. The highest BCUT2D eigenvalue weighted by atomic mass is 16.4. The van der Waals surface area contributed by atoms with E-state index < -0.39 is 18.1 Å². The first-order chi connectivity index (χ1) is 10.5. The van der Waals surface area contributed by atoms with E-state index in [-0.39, 0.29) is 12.3 Å². The van der Waals surface area contributed by atoms with Crippen LogP contribution in [0.25, 0.3) is 0 Å². The molecule has 6 nitrogen and oxygen atoms in total. The SMILES string of the molecule is CN(C(=O)Cc1ccc(=O)n(CC(=O)O)c1)c1ccccc1. The van der Waals surface area contributed by atoms with Crippen LogP contribution in [-0.4, -0.2) is 28.6 Å². The van der Waals surface area contributed by atoms with E-state index in [1.807, 2.05) is 30.3 Å². The number of amides is 1. The van der Waals surface area contributed by atoms with Crippen LogP contribution in [0.4, 0.5) is 5.69 Å². The van der Waals surface area contributed by atoms with Crippen LogP contribution in [0.3, 0.4) is 0 Å². The molecule has 0 saturated carbocycles. The zero-order valence-electron chi connectivity index (χ0n) is 12.1. The number of hydrogen-bond acceptors (Lipinski definition) is 3. The van der Waals surface area contributed by atoms with Crippen LogP contribution >= 0.6 is 0 Å². The molecule has 0 aliphatic carbocycles. The van der Waals surface area contributed by atoms with Gasteiger partial charge in [0.15, 0.2) is 0 Å². The largest absolute Gasteiger partial charge is 0.480 e.